The second kappa shape index (κ2) is 4.89. The van der Waals surface area contributed by atoms with E-state index in [1.165, 1.54) is 0 Å². The van der Waals surface area contributed by atoms with Crippen molar-refractivity contribution in [3.05, 3.63) is 40.6 Å². The smallest absolute Gasteiger partial charge is 0.165 e. The van der Waals surface area contributed by atoms with Gasteiger partial charge in [-0.25, -0.2) is 0 Å². The lowest BCUT2D eigenvalue weighted by Gasteiger charge is -2.09. The first kappa shape index (κ1) is 12.1. The molecule has 17 heavy (non-hydrogen) atoms. The summed E-state index contributed by atoms with van der Waals surface area (Å²) >= 11 is 3.41. The number of aromatic nitrogens is 2. The molecule has 90 valence electrons. The quantitative estimate of drug-likeness (QED) is 0.947. The molecule has 0 aliphatic heterocycles. The number of hydrogen-bond donors (Lipinski definition) is 1. The van der Waals surface area contributed by atoms with E-state index in [1.54, 1.807) is 24.0 Å². The Morgan fingerprint density at radius 1 is 1.41 bits per heavy atom. The number of aliphatic hydroxyl groups excluding tert-OH is 1. The average Bonchev–Trinajstić information content (AvgIpc) is 2.63. The zero-order valence-corrected chi connectivity index (χ0v) is 11.2. The minimum absolute atomic E-state index is 0.503. The summed E-state index contributed by atoms with van der Waals surface area (Å²) in [6.45, 7) is 1.72. The second-order valence-electron chi connectivity index (χ2n) is 3.81. The van der Waals surface area contributed by atoms with Crippen molar-refractivity contribution in [2.45, 2.75) is 13.0 Å². The molecule has 1 N–H and O–H groups in total. The van der Waals surface area contributed by atoms with Crippen LogP contribution in [-0.4, -0.2) is 14.9 Å². The van der Waals surface area contributed by atoms with Crippen LogP contribution in [-0.2, 0) is 7.05 Å². The van der Waals surface area contributed by atoms with E-state index in [2.05, 4.69) is 21.0 Å². The topological polar surface area (TPSA) is 47.3 Å². The molecule has 2 aromatic rings. The number of benzene rings is 1. The van der Waals surface area contributed by atoms with E-state index >= 15 is 0 Å². The number of aliphatic hydroxyl groups is 1. The van der Waals surface area contributed by atoms with Gasteiger partial charge >= 0.3 is 0 Å². The van der Waals surface area contributed by atoms with Gasteiger partial charge in [-0.1, -0.05) is 22.0 Å². The maximum atomic E-state index is 9.50. The molecule has 4 nitrogen and oxygen atoms in total. The summed E-state index contributed by atoms with van der Waals surface area (Å²) < 4.78 is 8.12. The lowest BCUT2D eigenvalue weighted by atomic mass is 10.1. The Hall–Kier alpha value is -1.33. The predicted molar refractivity (Wildman–Crippen MR) is 68.1 cm³/mol. The Labute approximate surface area is 108 Å². The molecule has 2 rings (SSSR count). The number of ether oxygens (including phenoxy) is 1. The Balaban J connectivity index is 2.20. The monoisotopic (exact) mass is 296 g/mol. The number of rotatable bonds is 3. The van der Waals surface area contributed by atoms with Gasteiger partial charge in [0.15, 0.2) is 5.75 Å². The van der Waals surface area contributed by atoms with Crippen LogP contribution in [0.5, 0.6) is 11.5 Å². The van der Waals surface area contributed by atoms with E-state index in [0.717, 1.165) is 10.0 Å². The second-order valence-corrected chi connectivity index (χ2v) is 4.67. The predicted octanol–water partition coefficient (Wildman–Crippen LogP) is 3.03. The molecule has 0 unspecified atom stereocenters. The summed E-state index contributed by atoms with van der Waals surface area (Å²) in [5, 5.41) is 13.5. The summed E-state index contributed by atoms with van der Waals surface area (Å²) in [6.07, 6.45) is 2.93. The van der Waals surface area contributed by atoms with Crippen molar-refractivity contribution >= 4 is 15.9 Å². The van der Waals surface area contributed by atoms with Gasteiger partial charge in [0.05, 0.1) is 18.5 Å². The van der Waals surface area contributed by atoms with E-state index in [4.69, 9.17) is 4.74 Å². The molecular formula is C12H13BrN2O2. The van der Waals surface area contributed by atoms with Crippen LogP contribution in [0.15, 0.2) is 35.1 Å². The van der Waals surface area contributed by atoms with E-state index in [1.807, 2.05) is 25.2 Å². The van der Waals surface area contributed by atoms with E-state index in [0.29, 0.717) is 11.5 Å². The minimum atomic E-state index is -0.503. The molecule has 1 atom stereocenters. The van der Waals surface area contributed by atoms with Crippen LogP contribution >= 0.6 is 15.9 Å². The number of hydrogen-bond acceptors (Lipinski definition) is 3. The standard InChI is InChI=1S/C12H13BrN2O2/c1-8(16)11-4-3-9(5-12(11)13)17-10-6-14-15(2)7-10/h3-8,16H,1-2H3/t8-/m0/s1. The van der Waals surface area contributed by atoms with Gasteiger partial charge in [-0.3, -0.25) is 4.68 Å². The van der Waals surface area contributed by atoms with Gasteiger partial charge in [0.1, 0.15) is 5.75 Å². The molecule has 0 saturated heterocycles. The highest BCUT2D eigenvalue weighted by atomic mass is 79.9. The van der Waals surface area contributed by atoms with Crippen molar-refractivity contribution in [1.29, 1.82) is 0 Å². The lowest BCUT2D eigenvalue weighted by Crippen LogP contribution is -1.93. The molecular weight excluding hydrogens is 284 g/mol. The van der Waals surface area contributed by atoms with Gasteiger partial charge in [0.2, 0.25) is 0 Å². The van der Waals surface area contributed by atoms with Crippen LogP contribution < -0.4 is 4.74 Å². The van der Waals surface area contributed by atoms with Crippen molar-refractivity contribution in [2.75, 3.05) is 0 Å². The first-order valence-corrected chi connectivity index (χ1v) is 5.99. The molecule has 0 aliphatic rings. The van der Waals surface area contributed by atoms with E-state index in [-0.39, 0.29) is 0 Å². The van der Waals surface area contributed by atoms with Crippen molar-refractivity contribution in [3.63, 3.8) is 0 Å². The minimum Gasteiger partial charge on any atom is -0.454 e. The molecule has 1 aromatic carbocycles. The Kier molecular flexibility index (Phi) is 3.49. The molecule has 5 heteroatoms. The van der Waals surface area contributed by atoms with Crippen LogP contribution in [0.3, 0.4) is 0 Å². The van der Waals surface area contributed by atoms with Crippen molar-refractivity contribution < 1.29 is 9.84 Å². The maximum absolute atomic E-state index is 9.50. The van der Waals surface area contributed by atoms with Gasteiger partial charge in [0, 0.05) is 11.5 Å². The third kappa shape index (κ3) is 2.87. The average molecular weight is 297 g/mol. The van der Waals surface area contributed by atoms with Crippen LogP contribution in [0.25, 0.3) is 0 Å². The number of nitrogens with zero attached hydrogens (tertiary/aromatic N) is 2. The normalized spacial score (nSPS) is 12.5. The van der Waals surface area contributed by atoms with Gasteiger partial charge in [-0.2, -0.15) is 5.10 Å². The highest BCUT2D eigenvalue weighted by Gasteiger charge is 2.08. The molecule has 0 bridgehead atoms. The zero-order valence-electron chi connectivity index (χ0n) is 9.59. The van der Waals surface area contributed by atoms with Crippen LogP contribution in [0.4, 0.5) is 0 Å². The third-order valence-electron chi connectivity index (χ3n) is 2.34. The molecule has 1 heterocycles. The number of halogens is 1. The Bertz CT molecular complexity index is 523. The number of aryl methyl sites for hydroxylation is 1. The van der Waals surface area contributed by atoms with Gasteiger partial charge in [-0.15, -0.1) is 0 Å². The lowest BCUT2D eigenvalue weighted by molar-refractivity contribution is 0.198. The summed E-state index contributed by atoms with van der Waals surface area (Å²) in [5.41, 5.74) is 0.837. The SMILES string of the molecule is C[C@H](O)c1ccc(Oc2cnn(C)c2)cc1Br. The van der Waals surface area contributed by atoms with E-state index in [9.17, 15) is 5.11 Å². The Morgan fingerprint density at radius 3 is 2.71 bits per heavy atom. The molecule has 0 amide bonds. The van der Waals surface area contributed by atoms with Crippen LogP contribution in [0.2, 0.25) is 0 Å². The highest BCUT2D eigenvalue weighted by molar-refractivity contribution is 9.10. The van der Waals surface area contributed by atoms with Gasteiger partial charge < -0.3 is 9.84 Å². The Morgan fingerprint density at radius 2 is 2.18 bits per heavy atom. The first-order chi connectivity index (χ1) is 8.06. The van der Waals surface area contributed by atoms with Crippen molar-refractivity contribution in [2.24, 2.45) is 7.05 Å². The molecule has 1 aromatic heterocycles. The molecule has 0 spiro atoms. The van der Waals surface area contributed by atoms with Crippen LogP contribution in [0, 0.1) is 0 Å². The summed E-state index contributed by atoms with van der Waals surface area (Å²) in [6, 6.07) is 5.48. The highest BCUT2D eigenvalue weighted by Crippen LogP contribution is 2.29. The van der Waals surface area contributed by atoms with Crippen molar-refractivity contribution in [3.8, 4) is 11.5 Å². The maximum Gasteiger partial charge on any atom is 0.165 e. The van der Waals surface area contributed by atoms with Crippen molar-refractivity contribution in [1.82, 2.24) is 9.78 Å². The van der Waals surface area contributed by atoms with Gasteiger partial charge in [0.25, 0.3) is 0 Å². The molecule has 0 fully saturated rings. The fraction of sp³-hybridized carbons (Fsp3) is 0.250. The van der Waals surface area contributed by atoms with Crippen LogP contribution in [0.1, 0.15) is 18.6 Å². The summed E-state index contributed by atoms with van der Waals surface area (Å²) in [7, 11) is 1.83. The third-order valence-corrected chi connectivity index (χ3v) is 3.03. The largest absolute Gasteiger partial charge is 0.454 e. The van der Waals surface area contributed by atoms with E-state index < -0.39 is 6.10 Å². The molecule has 0 radical (unpaired) electrons. The fourth-order valence-electron chi connectivity index (χ4n) is 1.50. The zero-order chi connectivity index (χ0) is 12.4. The summed E-state index contributed by atoms with van der Waals surface area (Å²) in [5.74, 6) is 1.39. The molecule has 0 saturated carbocycles. The first-order valence-electron chi connectivity index (χ1n) is 5.20. The van der Waals surface area contributed by atoms with Gasteiger partial charge in [-0.05, 0) is 24.6 Å². The fourth-order valence-corrected chi connectivity index (χ4v) is 2.19. The molecule has 0 aliphatic carbocycles. The summed E-state index contributed by atoms with van der Waals surface area (Å²) in [4.78, 5) is 0.